The maximum Gasteiger partial charge on any atom is 0.250 e. The van der Waals surface area contributed by atoms with Gasteiger partial charge in [-0.1, -0.05) is 38.1 Å². The van der Waals surface area contributed by atoms with Crippen LogP contribution in [0.2, 0.25) is 0 Å². The first-order chi connectivity index (χ1) is 11.1. The largest absolute Gasteiger partial charge is 0.352 e. The number of allylic oxidation sites excluding steroid dienone is 1. The highest BCUT2D eigenvalue weighted by atomic mass is 16.2. The molecule has 0 aliphatic rings. The summed E-state index contributed by atoms with van der Waals surface area (Å²) in [7, 11) is 0. The zero-order chi connectivity index (χ0) is 17.1. The number of carbonyl (C=O) groups is 2. The Hall–Kier alpha value is -2.43. The molecule has 1 aromatic rings. The van der Waals surface area contributed by atoms with Crippen molar-refractivity contribution in [3.8, 4) is 0 Å². The Morgan fingerprint density at radius 1 is 1.30 bits per heavy atom. The molecule has 0 radical (unpaired) electrons. The van der Waals surface area contributed by atoms with Crippen LogP contribution in [0, 0.1) is 5.92 Å². The number of nitrogens with one attached hydrogen (secondary N) is 2. The first kappa shape index (κ1) is 18.6. The van der Waals surface area contributed by atoms with Crippen LogP contribution in [-0.2, 0) is 16.1 Å². The van der Waals surface area contributed by atoms with Crippen molar-refractivity contribution in [3.63, 3.8) is 0 Å². The standard InChI is InChI=1S/C18H25N3O2/c1-4-6-9-16(18(23)20-5-2)11-14(3)17(22)21-13-15-8-7-10-19-12-15/h6-12,14H,4-5,13H2,1-3H3,(H,20,23)(H,21,22)/b9-6-,16-11+. The molecule has 2 N–H and O–H groups in total. The SMILES string of the molecule is CC/C=C\C(=C/C(C)C(=O)NCc1cccnc1)C(=O)NCC. The molecule has 0 spiro atoms. The number of likely N-dealkylation sites (N-methyl/N-ethyl adjacent to an activating group) is 1. The van der Waals surface area contributed by atoms with Crippen molar-refractivity contribution in [3.05, 3.63) is 53.9 Å². The van der Waals surface area contributed by atoms with E-state index >= 15 is 0 Å². The quantitative estimate of drug-likeness (QED) is 0.571. The highest BCUT2D eigenvalue weighted by molar-refractivity contribution is 5.97. The van der Waals surface area contributed by atoms with Gasteiger partial charge in [0.25, 0.3) is 5.91 Å². The van der Waals surface area contributed by atoms with Gasteiger partial charge in [-0.05, 0) is 25.0 Å². The van der Waals surface area contributed by atoms with Crippen LogP contribution in [0.5, 0.6) is 0 Å². The van der Waals surface area contributed by atoms with Gasteiger partial charge < -0.3 is 10.6 Å². The van der Waals surface area contributed by atoms with E-state index in [1.807, 2.05) is 32.1 Å². The summed E-state index contributed by atoms with van der Waals surface area (Å²) < 4.78 is 0. The van der Waals surface area contributed by atoms with E-state index < -0.39 is 5.92 Å². The molecule has 1 aromatic heterocycles. The third-order valence-electron chi connectivity index (χ3n) is 3.17. The van der Waals surface area contributed by atoms with Crippen LogP contribution >= 0.6 is 0 Å². The van der Waals surface area contributed by atoms with Crippen LogP contribution < -0.4 is 10.6 Å². The molecule has 5 heteroatoms. The molecule has 5 nitrogen and oxygen atoms in total. The zero-order valence-electron chi connectivity index (χ0n) is 14.0. The van der Waals surface area contributed by atoms with Crippen molar-refractivity contribution in [1.29, 1.82) is 0 Å². The lowest BCUT2D eigenvalue weighted by Crippen LogP contribution is -2.29. The highest BCUT2D eigenvalue weighted by Gasteiger charge is 2.13. The second-order valence-electron chi connectivity index (χ2n) is 5.16. The Balaban J connectivity index is 2.70. The summed E-state index contributed by atoms with van der Waals surface area (Å²) in [6.07, 6.45) is 9.59. The van der Waals surface area contributed by atoms with Gasteiger partial charge in [-0.25, -0.2) is 0 Å². The minimum atomic E-state index is -0.397. The van der Waals surface area contributed by atoms with Gasteiger partial charge in [-0.15, -0.1) is 0 Å². The summed E-state index contributed by atoms with van der Waals surface area (Å²) >= 11 is 0. The molecule has 0 saturated heterocycles. The van der Waals surface area contributed by atoms with Crippen LogP contribution in [0.25, 0.3) is 0 Å². The summed E-state index contributed by atoms with van der Waals surface area (Å²) in [5.41, 5.74) is 1.45. The number of amides is 2. The van der Waals surface area contributed by atoms with E-state index in [-0.39, 0.29) is 11.8 Å². The van der Waals surface area contributed by atoms with E-state index in [4.69, 9.17) is 0 Å². The number of rotatable bonds is 8. The van der Waals surface area contributed by atoms with Gasteiger partial charge in [-0.2, -0.15) is 0 Å². The predicted molar refractivity (Wildman–Crippen MR) is 91.4 cm³/mol. The molecule has 0 aliphatic heterocycles. The van der Waals surface area contributed by atoms with Crippen LogP contribution in [0.1, 0.15) is 32.8 Å². The number of carbonyl (C=O) groups excluding carboxylic acids is 2. The minimum absolute atomic E-state index is 0.124. The van der Waals surface area contributed by atoms with Crippen LogP contribution in [0.3, 0.4) is 0 Å². The van der Waals surface area contributed by atoms with Gasteiger partial charge in [0.15, 0.2) is 0 Å². The lowest BCUT2D eigenvalue weighted by atomic mass is 10.0. The lowest BCUT2D eigenvalue weighted by molar-refractivity contribution is -0.123. The van der Waals surface area contributed by atoms with Crippen molar-refractivity contribution in [1.82, 2.24) is 15.6 Å². The van der Waals surface area contributed by atoms with Crippen molar-refractivity contribution >= 4 is 11.8 Å². The summed E-state index contributed by atoms with van der Waals surface area (Å²) in [6, 6.07) is 3.73. The molecule has 1 heterocycles. The molecular formula is C18H25N3O2. The third-order valence-corrected chi connectivity index (χ3v) is 3.17. The Morgan fingerprint density at radius 2 is 2.09 bits per heavy atom. The van der Waals surface area contributed by atoms with Crippen LogP contribution in [0.15, 0.2) is 48.3 Å². The number of nitrogens with zero attached hydrogens (tertiary/aromatic N) is 1. The fraction of sp³-hybridized carbons (Fsp3) is 0.389. The number of hydrogen-bond acceptors (Lipinski definition) is 3. The normalized spacial score (nSPS) is 12.9. The van der Waals surface area contributed by atoms with E-state index in [0.717, 1.165) is 12.0 Å². The van der Waals surface area contributed by atoms with Gasteiger partial charge >= 0.3 is 0 Å². The summed E-state index contributed by atoms with van der Waals surface area (Å²) in [5, 5.41) is 5.61. The smallest absolute Gasteiger partial charge is 0.250 e. The molecule has 23 heavy (non-hydrogen) atoms. The number of hydrogen-bond donors (Lipinski definition) is 2. The molecule has 0 aliphatic carbocycles. The maximum atomic E-state index is 12.2. The molecule has 0 aromatic carbocycles. The topological polar surface area (TPSA) is 71.1 Å². The fourth-order valence-electron chi connectivity index (χ4n) is 1.91. The van der Waals surface area contributed by atoms with Crippen LogP contribution in [-0.4, -0.2) is 23.3 Å². The molecule has 1 rings (SSSR count). The van der Waals surface area contributed by atoms with Gasteiger partial charge in [0.2, 0.25) is 5.91 Å². The average Bonchev–Trinajstić information content (AvgIpc) is 2.57. The van der Waals surface area contributed by atoms with Crippen LogP contribution in [0.4, 0.5) is 0 Å². The van der Waals surface area contributed by atoms with Gasteiger partial charge in [0.1, 0.15) is 0 Å². The van der Waals surface area contributed by atoms with Crippen molar-refractivity contribution < 1.29 is 9.59 Å². The second kappa shape index (κ2) is 10.3. The summed E-state index contributed by atoms with van der Waals surface area (Å²) in [4.78, 5) is 28.2. The predicted octanol–water partition coefficient (Wildman–Crippen LogP) is 2.36. The van der Waals surface area contributed by atoms with E-state index in [9.17, 15) is 9.59 Å². The van der Waals surface area contributed by atoms with E-state index in [1.54, 1.807) is 31.5 Å². The average molecular weight is 315 g/mol. The number of aromatic nitrogens is 1. The number of pyridine rings is 1. The maximum absolute atomic E-state index is 12.2. The molecule has 0 bridgehead atoms. The molecule has 2 amide bonds. The van der Waals surface area contributed by atoms with E-state index in [1.165, 1.54) is 0 Å². The minimum Gasteiger partial charge on any atom is -0.352 e. The van der Waals surface area contributed by atoms with Crippen molar-refractivity contribution in [2.45, 2.75) is 33.7 Å². The Kier molecular flexibility index (Phi) is 8.36. The highest BCUT2D eigenvalue weighted by Crippen LogP contribution is 2.07. The Labute approximate surface area is 137 Å². The lowest BCUT2D eigenvalue weighted by Gasteiger charge is -2.10. The molecule has 0 saturated carbocycles. The first-order valence-corrected chi connectivity index (χ1v) is 7.91. The molecular weight excluding hydrogens is 290 g/mol. The Bertz CT molecular complexity index is 565. The molecule has 0 fully saturated rings. The third kappa shape index (κ3) is 6.91. The molecule has 1 unspecified atom stereocenters. The first-order valence-electron chi connectivity index (χ1n) is 7.91. The van der Waals surface area contributed by atoms with Gasteiger partial charge in [-0.3, -0.25) is 14.6 Å². The molecule has 1 atom stereocenters. The van der Waals surface area contributed by atoms with Gasteiger partial charge in [0, 0.05) is 31.1 Å². The van der Waals surface area contributed by atoms with Crippen molar-refractivity contribution in [2.24, 2.45) is 5.92 Å². The molecule has 124 valence electrons. The Morgan fingerprint density at radius 3 is 2.70 bits per heavy atom. The zero-order valence-corrected chi connectivity index (χ0v) is 14.0. The fourth-order valence-corrected chi connectivity index (χ4v) is 1.91. The van der Waals surface area contributed by atoms with Gasteiger partial charge in [0.05, 0.1) is 5.92 Å². The summed E-state index contributed by atoms with van der Waals surface area (Å²) in [5.74, 6) is -0.685. The van der Waals surface area contributed by atoms with E-state index in [0.29, 0.717) is 18.7 Å². The van der Waals surface area contributed by atoms with E-state index in [2.05, 4.69) is 15.6 Å². The monoisotopic (exact) mass is 315 g/mol. The summed E-state index contributed by atoms with van der Waals surface area (Å²) in [6.45, 7) is 6.61. The van der Waals surface area contributed by atoms with Crippen molar-refractivity contribution in [2.75, 3.05) is 6.54 Å². The second-order valence-corrected chi connectivity index (χ2v) is 5.16.